The molecule has 0 aliphatic heterocycles. The quantitative estimate of drug-likeness (QED) is 0.779. The minimum Gasteiger partial charge on any atom is -0.478 e. The molecule has 0 bridgehead atoms. The summed E-state index contributed by atoms with van der Waals surface area (Å²) in [5.74, 6) is -0.955. The minimum atomic E-state index is -0.955. The molecule has 19 heavy (non-hydrogen) atoms. The van der Waals surface area contributed by atoms with E-state index in [2.05, 4.69) is 10.1 Å². The first kappa shape index (κ1) is 11.9. The summed E-state index contributed by atoms with van der Waals surface area (Å²) in [6, 6.07) is 3.51. The Hall–Kier alpha value is -2.21. The van der Waals surface area contributed by atoms with E-state index >= 15 is 0 Å². The van der Waals surface area contributed by atoms with Gasteiger partial charge in [0.25, 0.3) is 0 Å². The maximum Gasteiger partial charge on any atom is 0.336 e. The number of hydrogen-bond donors (Lipinski definition) is 1. The molecule has 0 spiro atoms. The van der Waals surface area contributed by atoms with Crippen molar-refractivity contribution in [2.75, 3.05) is 0 Å². The molecule has 1 N–H and O–H groups in total. The van der Waals surface area contributed by atoms with Crippen LogP contribution in [0.4, 0.5) is 0 Å². The van der Waals surface area contributed by atoms with Crippen molar-refractivity contribution in [1.82, 2.24) is 14.8 Å². The Morgan fingerprint density at radius 1 is 1.42 bits per heavy atom. The third-order valence-corrected chi connectivity index (χ3v) is 3.59. The van der Waals surface area contributed by atoms with Crippen LogP contribution in [0.2, 0.25) is 0 Å². The fourth-order valence-corrected chi connectivity index (χ4v) is 2.75. The third-order valence-electron chi connectivity index (χ3n) is 2.92. The highest BCUT2D eigenvalue weighted by atomic mass is 32.1. The molecule has 0 aliphatic rings. The molecule has 5 nitrogen and oxygen atoms in total. The van der Waals surface area contributed by atoms with Crippen molar-refractivity contribution >= 4 is 28.3 Å². The Kier molecular flexibility index (Phi) is 2.60. The summed E-state index contributed by atoms with van der Waals surface area (Å²) >= 11 is 1.56. The zero-order valence-corrected chi connectivity index (χ0v) is 11.2. The molecule has 0 amide bonds. The van der Waals surface area contributed by atoms with Crippen molar-refractivity contribution in [2.24, 2.45) is 0 Å². The number of carboxylic acids is 1. The highest BCUT2D eigenvalue weighted by Crippen LogP contribution is 2.25. The van der Waals surface area contributed by atoms with Gasteiger partial charge >= 0.3 is 5.97 Å². The smallest absolute Gasteiger partial charge is 0.336 e. The van der Waals surface area contributed by atoms with Gasteiger partial charge in [0, 0.05) is 11.1 Å². The Morgan fingerprint density at radius 3 is 2.84 bits per heavy atom. The van der Waals surface area contributed by atoms with E-state index in [0.717, 1.165) is 5.69 Å². The van der Waals surface area contributed by atoms with E-state index in [4.69, 9.17) is 0 Å². The topological polar surface area (TPSA) is 68.0 Å². The van der Waals surface area contributed by atoms with Crippen LogP contribution in [0.3, 0.4) is 0 Å². The summed E-state index contributed by atoms with van der Waals surface area (Å²) in [4.78, 5) is 15.8. The Balaban J connectivity index is 2.42. The lowest BCUT2D eigenvalue weighted by Crippen LogP contribution is -2.01. The van der Waals surface area contributed by atoms with Crippen molar-refractivity contribution in [3.8, 4) is 5.69 Å². The second-order valence-corrected chi connectivity index (χ2v) is 5.07. The molecule has 0 radical (unpaired) electrons. The van der Waals surface area contributed by atoms with E-state index in [9.17, 15) is 9.90 Å². The summed E-state index contributed by atoms with van der Waals surface area (Å²) in [7, 11) is 0. The SMILES string of the molecule is Cc1cc(C(=O)O)c2c(C)nn(-c3ccsc3)c2n1. The number of rotatable bonds is 2. The highest BCUT2D eigenvalue weighted by molar-refractivity contribution is 7.08. The number of nitrogens with zero attached hydrogens (tertiary/aromatic N) is 3. The molecule has 0 aliphatic carbocycles. The predicted octanol–water partition coefficient (Wildman–Crippen LogP) is 2.80. The van der Waals surface area contributed by atoms with E-state index in [1.54, 1.807) is 35.9 Å². The highest BCUT2D eigenvalue weighted by Gasteiger charge is 2.18. The molecular weight excluding hydrogens is 262 g/mol. The zero-order chi connectivity index (χ0) is 13.6. The zero-order valence-electron chi connectivity index (χ0n) is 10.4. The monoisotopic (exact) mass is 273 g/mol. The van der Waals surface area contributed by atoms with E-state index in [-0.39, 0.29) is 5.56 Å². The summed E-state index contributed by atoms with van der Waals surface area (Å²) in [6.45, 7) is 3.58. The van der Waals surface area contributed by atoms with Gasteiger partial charge in [0.15, 0.2) is 5.65 Å². The molecule has 3 aromatic rings. The van der Waals surface area contributed by atoms with Crippen LogP contribution in [-0.2, 0) is 0 Å². The molecule has 3 aromatic heterocycles. The molecule has 6 heteroatoms. The molecule has 0 atom stereocenters. The average molecular weight is 273 g/mol. The summed E-state index contributed by atoms with van der Waals surface area (Å²) in [6.07, 6.45) is 0. The number of aryl methyl sites for hydroxylation is 2. The van der Waals surface area contributed by atoms with Gasteiger partial charge in [-0.05, 0) is 31.4 Å². The average Bonchev–Trinajstić information content (AvgIpc) is 2.96. The Morgan fingerprint density at radius 2 is 2.21 bits per heavy atom. The maximum absolute atomic E-state index is 11.4. The molecule has 96 valence electrons. The largest absolute Gasteiger partial charge is 0.478 e. The first-order valence-corrected chi connectivity index (χ1v) is 6.65. The van der Waals surface area contributed by atoms with Crippen LogP contribution in [0.1, 0.15) is 21.7 Å². The van der Waals surface area contributed by atoms with E-state index < -0.39 is 5.97 Å². The number of thiophene rings is 1. The lowest BCUT2D eigenvalue weighted by molar-refractivity contribution is 0.0699. The number of pyridine rings is 1. The Bertz CT molecular complexity index is 775. The lowest BCUT2D eigenvalue weighted by Gasteiger charge is -2.02. The van der Waals surface area contributed by atoms with Crippen LogP contribution < -0.4 is 0 Å². The van der Waals surface area contributed by atoms with Crippen molar-refractivity contribution in [3.05, 3.63) is 39.8 Å². The van der Waals surface area contributed by atoms with Crippen LogP contribution >= 0.6 is 11.3 Å². The van der Waals surface area contributed by atoms with Crippen molar-refractivity contribution in [1.29, 1.82) is 0 Å². The van der Waals surface area contributed by atoms with Crippen LogP contribution in [0, 0.1) is 13.8 Å². The predicted molar refractivity (Wildman–Crippen MR) is 73.2 cm³/mol. The van der Waals surface area contributed by atoms with Crippen molar-refractivity contribution in [2.45, 2.75) is 13.8 Å². The number of carbonyl (C=O) groups is 1. The molecule has 3 heterocycles. The molecule has 0 saturated heterocycles. The van der Waals surface area contributed by atoms with Crippen molar-refractivity contribution in [3.63, 3.8) is 0 Å². The number of hydrogen-bond acceptors (Lipinski definition) is 4. The first-order chi connectivity index (χ1) is 9.08. The molecule has 0 saturated carbocycles. The number of aromatic carboxylic acids is 1. The van der Waals surface area contributed by atoms with Gasteiger partial charge in [-0.3, -0.25) is 0 Å². The fourth-order valence-electron chi connectivity index (χ4n) is 2.14. The van der Waals surface area contributed by atoms with Crippen molar-refractivity contribution < 1.29 is 9.90 Å². The van der Waals surface area contributed by atoms with Gasteiger partial charge in [-0.25, -0.2) is 14.5 Å². The van der Waals surface area contributed by atoms with E-state index in [1.807, 2.05) is 16.8 Å². The van der Waals surface area contributed by atoms with Gasteiger partial charge in [-0.1, -0.05) is 0 Å². The van der Waals surface area contributed by atoms with Crippen LogP contribution in [0.15, 0.2) is 22.9 Å². The molecular formula is C13H11N3O2S. The van der Waals surface area contributed by atoms with Gasteiger partial charge < -0.3 is 5.11 Å². The van der Waals surface area contributed by atoms with E-state index in [1.165, 1.54) is 0 Å². The van der Waals surface area contributed by atoms with Gasteiger partial charge in [0.1, 0.15) is 0 Å². The Labute approximate surface area is 113 Å². The van der Waals surface area contributed by atoms with E-state index in [0.29, 0.717) is 22.4 Å². The molecule has 0 fully saturated rings. The summed E-state index contributed by atoms with van der Waals surface area (Å²) in [5, 5.41) is 18.2. The summed E-state index contributed by atoms with van der Waals surface area (Å²) in [5.41, 5.74) is 3.08. The molecule has 0 unspecified atom stereocenters. The van der Waals surface area contributed by atoms with Crippen LogP contribution in [0.5, 0.6) is 0 Å². The second kappa shape index (κ2) is 4.17. The normalized spacial score (nSPS) is 11.1. The van der Waals surface area contributed by atoms with Gasteiger partial charge in [-0.15, -0.1) is 0 Å². The number of fused-ring (bicyclic) bond motifs is 1. The number of aromatic nitrogens is 3. The third kappa shape index (κ3) is 1.80. The summed E-state index contributed by atoms with van der Waals surface area (Å²) < 4.78 is 1.70. The maximum atomic E-state index is 11.4. The van der Waals surface area contributed by atoms with Gasteiger partial charge in [-0.2, -0.15) is 16.4 Å². The van der Waals surface area contributed by atoms with Crippen LogP contribution in [-0.4, -0.2) is 25.8 Å². The minimum absolute atomic E-state index is 0.251. The first-order valence-electron chi connectivity index (χ1n) is 5.71. The fraction of sp³-hybridized carbons (Fsp3) is 0.154. The standard InChI is InChI=1S/C13H11N3O2S/c1-7-5-10(13(17)18)11-8(2)15-16(12(11)14-7)9-3-4-19-6-9/h3-6H,1-2H3,(H,17,18). The molecule has 3 rings (SSSR count). The second-order valence-electron chi connectivity index (χ2n) is 4.29. The van der Waals surface area contributed by atoms with Gasteiger partial charge in [0.05, 0.1) is 22.3 Å². The van der Waals surface area contributed by atoms with Gasteiger partial charge in [0.2, 0.25) is 0 Å². The number of carboxylic acid groups (broad SMARTS) is 1. The lowest BCUT2D eigenvalue weighted by atomic mass is 10.1. The molecule has 0 aromatic carbocycles. The van der Waals surface area contributed by atoms with Crippen LogP contribution in [0.25, 0.3) is 16.7 Å².